The van der Waals surface area contributed by atoms with Gasteiger partial charge in [0.15, 0.2) is 0 Å². The van der Waals surface area contributed by atoms with Gasteiger partial charge in [-0.2, -0.15) is 0 Å². The monoisotopic (exact) mass is 1160 g/mol. The molecule has 3 aliphatic rings. The summed E-state index contributed by atoms with van der Waals surface area (Å²) in [5.41, 5.74) is 20.6. The van der Waals surface area contributed by atoms with Gasteiger partial charge in [0.05, 0.1) is 10.8 Å². The van der Waals surface area contributed by atoms with E-state index in [0.717, 1.165) is 41.0 Å². The fourth-order valence-electron chi connectivity index (χ4n) is 14.4. The number of halogens is 2. The zero-order valence-corrected chi connectivity index (χ0v) is 51.8. The maximum Gasteiger partial charge on any atom is 0.0677 e. The van der Waals surface area contributed by atoms with Crippen molar-refractivity contribution in [2.45, 2.75) is 231 Å². The van der Waals surface area contributed by atoms with Gasteiger partial charge in [-0.1, -0.05) is 303 Å². The quantitative estimate of drug-likeness (QED) is 0.0369. The van der Waals surface area contributed by atoms with Crippen molar-refractivity contribution in [1.29, 1.82) is 0 Å². The number of benzene rings is 6. The number of aryl methyl sites for hydroxylation is 4. The molecule has 0 bridgehead atoms. The Bertz CT molecular complexity index is 2760. The minimum Gasteiger partial charge on any atom is -0.0654 e. The summed E-state index contributed by atoms with van der Waals surface area (Å²) in [5, 5.41) is 0. The van der Waals surface area contributed by atoms with Crippen LogP contribution in [-0.4, -0.2) is 0 Å². The Hall–Kier alpha value is -4.24. The van der Waals surface area contributed by atoms with Crippen LogP contribution < -0.4 is 0 Å². The summed E-state index contributed by atoms with van der Waals surface area (Å²) in [6, 6.07) is 55.1. The lowest BCUT2D eigenvalue weighted by Crippen LogP contribution is -2.48. The third-order valence-electron chi connectivity index (χ3n) is 18.6. The second-order valence-electron chi connectivity index (χ2n) is 24.1. The summed E-state index contributed by atoms with van der Waals surface area (Å²) in [6.07, 6.45) is 39.7. The second kappa shape index (κ2) is 29.0. The zero-order valence-electron chi connectivity index (χ0n) is 48.6. The fraction of sp³-hybridized carbons (Fsp3) is 0.474. The molecule has 412 valence electrons. The highest BCUT2D eigenvalue weighted by molar-refractivity contribution is 9.10. The lowest BCUT2D eigenvalue weighted by Gasteiger charge is -2.55. The van der Waals surface area contributed by atoms with Gasteiger partial charge in [-0.25, -0.2) is 0 Å². The highest BCUT2D eigenvalue weighted by Crippen LogP contribution is 2.72. The van der Waals surface area contributed by atoms with Crippen molar-refractivity contribution >= 4 is 43.5 Å². The summed E-state index contributed by atoms with van der Waals surface area (Å²) in [7, 11) is 0. The summed E-state index contributed by atoms with van der Waals surface area (Å²) in [4.78, 5) is 0. The number of rotatable bonds is 32. The minimum absolute atomic E-state index is 0.0286. The first-order valence-electron chi connectivity index (χ1n) is 31.8. The van der Waals surface area contributed by atoms with Gasteiger partial charge in [0, 0.05) is 14.9 Å². The molecule has 1 unspecified atom stereocenters. The van der Waals surface area contributed by atoms with Crippen molar-refractivity contribution in [3.8, 4) is 0 Å². The van der Waals surface area contributed by atoms with Gasteiger partial charge in [0.25, 0.3) is 0 Å². The molecule has 0 aliphatic heterocycles. The van der Waals surface area contributed by atoms with Crippen molar-refractivity contribution in [1.82, 2.24) is 0 Å². The number of hydrogen-bond donors (Lipinski definition) is 0. The van der Waals surface area contributed by atoms with Gasteiger partial charge in [-0.15, -0.1) is 0 Å². The third kappa shape index (κ3) is 13.1. The topological polar surface area (TPSA) is 0 Å². The molecular weight excluding hydrogens is 1070 g/mol. The van der Waals surface area contributed by atoms with Crippen LogP contribution in [0.25, 0.3) is 11.6 Å². The molecule has 0 amide bonds. The molecule has 2 heteroatoms. The summed E-state index contributed by atoms with van der Waals surface area (Å²) >= 11 is 8.19. The lowest BCUT2D eigenvalue weighted by molar-refractivity contribution is 0.465. The van der Waals surface area contributed by atoms with Gasteiger partial charge in [-0.05, 0) is 166 Å². The van der Waals surface area contributed by atoms with Crippen molar-refractivity contribution in [2.75, 3.05) is 0 Å². The molecule has 0 N–H and O–H groups in total. The standard InChI is InChI=1S/C76H94Br2/c1-5-9-13-17-21-25-29-57-33-43-63(44-34-57)75(64-45-35-58(36-46-64)30-26-22-18-14-10-6-2)71-53-61-41-51-68(78)56-70(61)74(71)76(72-54-62-42-52-67(77)55-69(62)73(72)75,65-47-37-59(38-48-65)31-27-23-19-15-11-7-3)66-49-39-60(40-50-66)32-28-24-20-16-12-8-4/h33-53,55-56,74H,5-32,54H2,1-4H3. The molecule has 3 aliphatic carbocycles. The molecule has 0 fully saturated rings. The number of allylic oxidation sites excluding steroid dienone is 3. The molecular formula is C76H94Br2. The molecule has 6 aromatic rings. The van der Waals surface area contributed by atoms with Crippen LogP contribution in [0.3, 0.4) is 0 Å². The van der Waals surface area contributed by atoms with Gasteiger partial charge < -0.3 is 0 Å². The number of hydrogen-bond acceptors (Lipinski definition) is 0. The third-order valence-corrected chi connectivity index (χ3v) is 19.6. The predicted molar refractivity (Wildman–Crippen MR) is 345 cm³/mol. The average molecular weight is 1170 g/mol. The molecule has 0 nitrogen and oxygen atoms in total. The van der Waals surface area contributed by atoms with E-state index in [1.165, 1.54) is 232 Å². The van der Waals surface area contributed by atoms with E-state index in [1.807, 2.05) is 0 Å². The highest BCUT2D eigenvalue weighted by Gasteiger charge is 2.63. The van der Waals surface area contributed by atoms with Crippen LogP contribution in [0, 0.1) is 0 Å². The molecule has 1 atom stereocenters. The van der Waals surface area contributed by atoms with E-state index in [9.17, 15) is 0 Å². The van der Waals surface area contributed by atoms with Crippen LogP contribution in [-0.2, 0) is 42.9 Å². The van der Waals surface area contributed by atoms with Crippen LogP contribution >= 0.6 is 31.9 Å². The van der Waals surface area contributed by atoms with Gasteiger partial charge in [-0.3, -0.25) is 0 Å². The largest absolute Gasteiger partial charge is 0.0677 e. The molecule has 0 spiro atoms. The van der Waals surface area contributed by atoms with Crippen molar-refractivity contribution in [3.63, 3.8) is 0 Å². The Kier molecular flexibility index (Phi) is 21.7. The molecule has 0 saturated carbocycles. The molecule has 9 rings (SSSR count). The smallest absolute Gasteiger partial charge is 0.0654 e. The molecule has 0 aromatic heterocycles. The summed E-state index contributed by atoms with van der Waals surface area (Å²) in [6.45, 7) is 9.27. The van der Waals surface area contributed by atoms with Crippen LogP contribution in [0.4, 0.5) is 0 Å². The van der Waals surface area contributed by atoms with E-state index < -0.39 is 10.8 Å². The average Bonchev–Trinajstić information content (AvgIpc) is 2.98. The number of fused-ring (bicyclic) bond motifs is 5. The second-order valence-corrected chi connectivity index (χ2v) is 25.9. The van der Waals surface area contributed by atoms with E-state index in [2.05, 4.69) is 199 Å². The lowest BCUT2D eigenvalue weighted by atomic mass is 9.46. The van der Waals surface area contributed by atoms with Crippen molar-refractivity contribution < 1.29 is 0 Å². The van der Waals surface area contributed by atoms with E-state index in [1.54, 1.807) is 5.57 Å². The Balaban J connectivity index is 1.26. The van der Waals surface area contributed by atoms with Crippen LogP contribution in [0.15, 0.2) is 154 Å². The van der Waals surface area contributed by atoms with E-state index >= 15 is 0 Å². The first-order chi connectivity index (χ1) is 38.4. The van der Waals surface area contributed by atoms with Gasteiger partial charge in [0.2, 0.25) is 0 Å². The Morgan fingerprint density at radius 1 is 0.385 bits per heavy atom. The fourth-order valence-corrected chi connectivity index (χ4v) is 15.1. The number of unbranched alkanes of at least 4 members (excludes halogenated alkanes) is 20. The Morgan fingerprint density at radius 3 is 1.15 bits per heavy atom. The molecule has 0 radical (unpaired) electrons. The molecule has 78 heavy (non-hydrogen) atoms. The van der Waals surface area contributed by atoms with Crippen molar-refractivity contribution in [3.05, 3.63) is 220 Å². The normalized spacial score (nSPS) is 15.8. The predicted octanol–water partition coefficient (Wildman–Crippen LogP) is 23.3. The Labute approximate surface area is 491 Å². The van der Waals surface area contributed by atoms with Gasteiger partial charge >= 0.3 is 0 Å². The Morgan fingerprint density at radius 2 is 0.744 bits per heavy atom. The molecule has 0 saturated heterocycles. The zero-order chi connectivity index (χ0) is 54.2. The minimum atomic E-state index is -0.562. The van der Waals surface area contributed by atoms with Crippen LogP contribution in [0.5, 0.6) is 0 Å². The molecule has 0 heterocycles. The van der Waals surface area contributed by atoms with Gasteiger partial charge in [0.1, 0.15) is 0 Å². The summed E-state index contributed by atoms with van der Waals surface area (Å²) in [5.74, 6) is 0.0286. The first kappa shape index (κ1) is 58.4. The maximum atomic E-state index is 4.10. The van der Waals surface area contributed by atoms with Crippen LogP contribution in [0.1, 0.15) is 254 Å². The summed E-state index contributed by atoms with van der Waals surface area (Å²) < 4.78 is 2.29. The van der Waals surface area contributed by atoms with Crippen LogP contribution in [0.2, 0.25) is 0 Å². The maximum absolute atomic E-state index is 4.10. The molecule has 6 aromatic carbocycles. The van der Waals surface area contributed by atoms with E-state index in [4.69, 9.17) is 0 Å². The first-order valence-corrected chi connectivity index (χ1v) is 33.4. The van der Waals surface area contributed by atoms with E-state index in [0.29, 0.717) is 0 Å². The highest BCUT2D eigenvalue weighted by atomic mass is 79.9. The SMILES string of the molecule is CCCCCCCCc1ccc(C2(c3ccc(CCCCCCCC)cc3)C3=Cc4ccc(Br)cc4C3C(c3ccc(CCCCCCCC)cc3)(c3ccc(CCCCCCCC)cc3)C3=C2c2cc(Br)ccc2C3)cc1. The van der Waals surface area contributed by atoms with Crippen molar-refractivity contribution in [2.24, 2.45) is 0 Å². The van der Waals surface area contributed by atoms with E-state index in [-0.39, 0.29) is 5.92 Å².